The molecule has 170 valence electrons. The molecule has 1 aromatic carbocycles. The number of nitrogens with one attached hydrogen (secondary N) is 1. The quantitative estimate of drug-likeness (QED) is 0.556. The highest BCUT2D eigenvalue weighted by molar-refractivity contribution is 7.91. The van der Waals surface area contributed by atoms with Crippen LogP contribution in [0.3, 0.4) is 0 Å². The fourth-order valence-corrected chi connectivity index (χ4v) is 6.42. The van der Waals surface area contributed by atoms with Crippen LogP contribution in [0, 0.1) is 5.92 Å². The molecule has 1 saturated heterocycles. The van der Waals surface area contributed by atoms with Gasteiger partial charge >= 0.3 is 0 Å². The van der Waals surface area contributed by atoms with Crippen LogP contribution in [0.2, 0.25) is 0 Å². The largest absolute Gasteiger partial charge is 0.339 e. The monoisotopic (exact) mass is 474 g/mol. The maximum Gasteiger partial charge on any atom is 0.252 e. The lowest BCUT2D eigenvalue weighted by atomic mass is 9.97. The number of hydrogen-bond acceptors (Lipinski definition) is 7. The van der Waals surface area contributed by atoms with Gasteiger partial charge in [0.15, 0.2) is 0 Å². The van der Waals surface area contributed by atoms with Crippen molar-refractivity contribution in [1.29, 1.82) is 0 Å². The third-order valence-electron chi connectivity index (χ3n) is 5.65. The molecular weight excluding hydrogens is 448 g/mol. The fourth-order valence-electron chi connectivity index (χ4n) is 3.64. The maximum atomic E-state index is 13.1. The van der Waals surface area contributed by atoms with Crippen LogP contribution in [0.1, 0.15) is 38.1 Å². The molecule has 4 rings (SSSR count). The Balaban J connectivity index is 1.37. The predicted molar refractivity (Wildman–Crippen MR) is 123 cm³/mol. The van der Waals surface area contributed by atoms with E-state index in [0.717, 1.165) is 23.4 Å². The van der Waals surface area contributed by atoms with Crippen molar-refractivity contribution in [3.05, 3.63) is 47.2 Å². The Kier molecular flexibility index (Phi) is 6.73. The number of carbonyl (C=O) groups is 1. The fraction of sp³-hybridized carbons (Fsp3) is 0.409. The number of nitrogens with zero attached hydrogens (tertiary/aromatic N) is 3. The second-order valence-electron chi connectivity index (χ2n) is 7.74. The third kappa shape index (κ3) is 4.77. The van der Waals surface area contributed by atoms with Crippen LogP contribution < -0.4 is 5.32 Å². The standard InChI is InChI=1S/C22H26N4O4S2/c1-3-15-5-7-18(8-6-15)23-22(27)16-9-11-26(12-10-16)32(28,29)20-13-17(14-31-20)21-24-19(4-2)30-25-21/h5-8,13-14,16H,3-4,9-12H2,1-2H3,(H,23,27). The number of piperidine rings is 1. The van der Waals surface area contributed by atoms with E-state index in [1.807, 2.05) is 31.2 Å². The normalized spacial score (nSPS) is 15.7. The summed E-state index contributed by atoms with van der Waals surface area (Å²) < 4.78 is 33.0. The lowest BCUT2D eigenvalue weighted by Gasteiger charge is -2.30. The smallest absolute Gasteiger partial charge is 0.252 e. The molecule has 3 heterocycles. The molecule has 1 aliphatic heterocycles. The van der Waals surface area contributed by atoms with E-state index < -0.39 is 10.0 Å². The zero-order valence-corrected chi connectivity index (χ0v) is 19.7. The number of sulfonamides is 1. The maximum absolute atomic E-state index is 13.1. The molecule has 0 radical (unpaired) electrons. The van der Waals surface area contributed by atoms with Gasteiger partial charge in [-0.1, -0.05) is 31.1 Å². The minimum atomic E-state index is -3.63. The molecule has 2 aromatic heterocycles. The van der Waals surface area contributed by atoms with E-state index in [1.54, 1.807) is 11.4 Å². The van der Waals surface area contributed by atoms with Crippen LogP contribution in [0.15, 0.2) is 44.4 Å². The number of anilines is 1. The van der Waals surface area contributed by atoms with E-state index in [9.17, 15) is 13.2 Å². The highest BCUT2D eigenvalue weighted by Crippen LogP contribution is 2.31. The van der Waals surface area contributed by atoms with Crippen molar-refractivity contribution in [1.82, 2.24) is 14.4 Å². The number of aryl methyl sites for hydroxylation is 2. The number of thiophene rings is 1. The average Bonchev–Trinajstić information content (AvgIpc) is 3.49. The molecule has 1 amide bonds. The number of amides is 1. The van der Waals surface area contributed by atoms with E-state index in [1.165, 1.54) is 9.87 Å². The van der Waals surface area contributed by atoms with Crippen LogP contribution in [0.25, 0.3) is 11.4 Å². The number of benzene rings is 1. The Morgan fingerprint density at radius 2 is 1.91 bits per heavy atom. The SMILES string of the molecule is CCc1ccc(NC(=O)C2CCN(S(=O)(=O)c3cc(-c4noc(CC)n4)cs3)CC2)cc1. The molecule has 32 heavy (non-hydrogen) atoms. The molecule has 3 aromatic rings. The zero-order chi connectivity index (χ0) is 22.7. The lowest BCUT2D eigenvalue weighted by molar-refractivity contribution is -0.120. The van der Waals surface area contributed by atoms with E-state index >= 15 is 0 Å². The van der Waals surface area contributed by atoms with Crippen molar-refractivity contribution in [2.45, 2.75) is 43.7 Å². The number of aromatic nitrogens is 2. The first-order valence-electron chi connectivity index (χ1n) is 10.7. The molecule has 10 heteroatoms. The topological polar surface area (TPSA) is 105 Å². The zero-order valence-electron chi connectivity index (χ0n) is 18.1. The van der Waals surface area contributed by atoms with E-state index in [2.05, 4.69) is 22.4 Å². The van der Waals surface area contributed by atoms with Crippen molar-refractivity contribution in [2.75, 3.05) is 18.4 Å². The van der Waals surface area contributed by atoms with Crippen molar-refractivity contribution < 1.29 is 17.7 Å². The second kappa shape index (κ2) is 9.51. The molecule has 1 aliphatic rings. The van der Waals surface area contributed by atoms with Crippen LogP contribution >= 0.6 is 11.3 Å². The molecule has 1 N–H and O–H groups in total. The van der Waals surface area contributed by atoms with Gasteiger partial charge in [0.25, 0.3) is 10.0 Å². The summed E-state index contributed by atoms with van der Waals surface area (Å²) in [5, 5.41) is 8.58. The first-order valence-corrected chi connectivity index (χ1v) is 13.0. The minimum absolute atomic E-state index is 0.0615. The first-order chi connectivity index (χ1) is 15.4. The van der Waals surface area contributed by atoms with Crippen molar-refractivity contribution in [2.24, 2.45) is 5.92 Å². The molecule has 0 atom stereocenters. The van der Waals surface area contributed by atoms with Crippen molar-refractivity contribution in [3.63, 3.8) is 0 Å². The van der Waals surface area contributed by atoms with Gasteiger partial charge in [-0.05, 0) is 43.0 Å². The summed E-state index contributed by atoms with van der Waals surface area (Å²) in [6.45, 7) is 4.61. The summed E-state index contributed by atoms with van der Waals surface area (Å²) >= 11 is 1.14. The predicted octanol–water partition coefficient (Wildman–Crippen LogP) is 3.96. The van der Waals surface area contributed by atoms with Crippen LogP contribution in [-0.4, -0.2) is 41.9 Å². The van der Waals surface area contributed by atoms with Crippen LogP contribution in [0.5, 0.6) is 0 Å². The van der Waals surface area contributed by atoms with Gasteiger partial charge in [-0.25, -0.2) is 8.42 Å². The summed E-state index contributed by atoms with van der Waals surface area (Å²) in [7, 11) is -3.63. The number of carbonyl (C=O) groups excluding carboxylic acids is 1. The summed E-state index contributed by atoms with van der Waals surface area (Å²) in [5.41, 5.74) is 2.60. The third-order valence-corrected chi connectivity index (χ3v) is 8.97. The highest BCUT2D eigenvalue weighted by Gasteiger charge is 2.33. The molecule has 0 saturated carbocycles. The molecular formula is C22H26N4O4S2. The molecule has 1 fully saturated rings. The number of rotatable bonds is 7. The van der Waals surface area contributed by atoms with Gasteiger partial charge in [-0.15, -0.1) is 11.3 Å². The Hall–Kier alpha value is -2.56. The second-order valence-corrected chi connectivity index (χ2v) is 10.8. The Morgan fingerprint density at radius 3 is 2.53 bits per heavy atom. The molecule has 8 nitrogen and oxygen atoms in total. The Morgan fingerprint density at radius 1 is 1.19 bits per heavy atom. The minimum Gasteiger partial charge on any atom is -0.339 e. The van der Waals surface area contributed by atoms with Crippen molar-refractivity contribution in [3.8, 4) is 11.4 Å². The van der Waals surface area contributed by atoms with Gasteiger partial charge < -0.3 is 9.84 Å². The van der Waals surface area contributed by atoms with Crippen LogP contribution in [0.4, 0.5) is 5.69 Å². The van der Waals surface area contributed by atoms with Gasteiger partial charge in [-0.2, -0.15) is 9.29 Å². The Labute approximate surface area is 191 Å². The van der Waals surface area contributed by atoms with Gasteiger partial charge in [0.1, 0.15) is 4.21 Å². The summed E-state index contributed by atoms with van der Waals surface area (Å²) in [5.74, 6) is 0.630. The lowest BCUT2D eigenvalue weighted by Crippen LogP contribution is -2.41. The van der Waals surface area contributed by atoms with E-state index in [4.69, 9.17) is 4.52 Å². The van der Waals surface area contributed by atoms with E-state index in [0.29, 0.717) is 49.6 Å². The van der Waals surface area contributed by atoms with Gasteiger partial charge in [-0.3, -0.25) is 4.79 Å². The molecule has 0 spiro atoms. The molecule has 0 unspecified atom stereocenters. The highest BCUT2D eigenvalue weighted by atomic mass is 32.2. The van der Waals surface area contributed by atoms with Crippen LogP contribution in [-0.2, 0) is 27.7 Å². The van der Waals surface area contributed by atoms with E-state index in [-0.39, 0.29) is 16.0 Å². The van der Waals surface area contributed by atoms with Gasteiger partial charge in [0.05, 0.1) is 0 Å². The average molecular weight is 475 g/mol. The van der Waals surface area contributed by atoms with Crippen molar-refractivity contribution >= 4 is 33.0 Å². The van der Waals surface area contributed by atoms with Gasteiger partial charge in [0, 0.05) is 42.1 Å². The summed E-state index contributed by atoms with van der Waals surface area (Å²) in [4.78, 5) is 16.9. The molecule has 0 aliphatic carbocycles. The first kappa shape index (κ1) is 22.6. The number of hydrogen-bond donors (Lipinski definition) is 1. The summed E-state index contributed by atoms with van der Waals surface area (Å²) in [6.07, 6.45) is 2.54. The van der Waals surface area contributed by atoms with Gasteiger partial charge in [0.2, 0.25) is 17.6 Å². The summed E-state index contributed by atoms with van der Waals surface area (Å²) in [6, 6.07) is 9.38. The molecule has 0 bridgehead atoms. The Bertz CT molecular complexity index is 1180.